The molecule has 0 aliphatic carbocycles. The van der Waals surface area contributed by atoms with Gasteiger partial charge < -0.3 is 10.6 Å². The molecule has 2 nitrogen and oxygen atoms in total. The van der Waals surface area contributed by atoms with Crippen LogP contribution in [-0.4, -0.2) is 25.0 Å². The van der Waals surface area contributed by atoms with E-state index in [1.54, 1.807) is 0 Å². The summed E-state index contributed by atoms with van der Waals surface area (Å²) < 4.78 is 0. The van der Waals surface area contributed by atoms with E-state index >= 15 is 0 Å². The van der Waals surface area contributed by atoms with Gasteiger partial charge in [0.25, 0.3) is 0 Å². The number of nitrogens with zero attached hydrogens (tertiary/aromatic N) is 1. The van der Waals surface area contributed by atoms with Crippen LogP contribution < -0.4 is 5.73 Å². The normalized spacial score (nSPS) is 13.6. The summed E-state index contributed by atoms with van der Waals surface area (Å²) in [4.78, 5) is 3.81. The van der Waals surface area contributed by atoms with Gasteiger partial charge in [-0.15, -0.1) is 11.3 Å². The molecular formula is C13H24N2S. The van der Waals surface area contributed by atoms with E-state index in [-0.39, 0.29) is 0 Å². The van der Waals surface area contributed by atoms with Crippen LogP contribution in [0.5, 0.6) is 0 Å². The quantitative estimate of drug-likeness (QED) is 0.794. The second-order valence-electron chi connectivity index (χ2n) is 5.01. The smallest absolute Gasteiger partial charge is 0.0324 e. The minimum absolute atomic E-state index is 0.630. The molecule has 1 heterocycles. The molecule has 0 aliphatic heterocycles. The highest BCUT2D eigenvalue weighted by molar-refractivity contribution is 7.09. The summed E-state index contributed by atoms with van der Waals surface area (Å²) >= 11 is 1.83. The minimum atomic E-state index is 0.630. The molecule has 0 spiro atoms. The lowest BCUT2D eigenvalue weighted by atomic mass is 9.97. The number of nitrogens with two attached hydrogens (primary N) is 1. The largest absolute Gasteiger partial charge is 0.330 e. The maximum absolute atomic E-state index is 5.82. The SMILES string of the molecule is CC(C)CC(CN)CN(C)Cc1cccs1. The summed E-state index contributed by atoms with van der Waals surface area (Å²) in [6, 6.07) is 4.31. The monoisotopic (exact) mass is 240 g/mol. The van der Waals surface area contributed by atoms with Gasteiger partial charge in [0.2, 0.25) is 0 Å². The van der Waals surface area contributed by atoms with Crippen molar-refractivity contribution in [1.29, 1.82) is 0 Å². The molecule has 0 saturated carbocycles. The zero-order chi connectivity index (χ0) is 12.0. The molecule has 0 amide bonds. The van der Waals surface area contributed by atoms with E-state index in [1.807, 2.05) is 11.3 Å². The van der Waals surface area contributed by atoms with Crippen LogP contribution in [0.1, 0.15) is 25.1 Å². The van der Waals surface area contributed by atoms with Gasteiger partial charge in [0, 0.05) is 18.0 Å². The highest BCUT2D eigenvalue weighted by Crippen LogP contribution is 2.15. The Morgan fingerprint density at radius 2 is 2.19 bits per heavy atom. The molecule has 0 radical (unpaired) electrons. The first-order valence-electron chi connectivity index (χ1n) is 6.02. The first-order chi connectivity index (χ1) is 7.61. The second kappa shape index (κ2) is 7.05. The Morgan fingerprint density at radius 1 is 1.44 bits per heavy atom. The molecule has 0 aromatic carbocycles. The third kappa shape index (κ3) is 5.10. The molecule has 0 aliphatic rings. The first kappa shape index (κ1) is 13.7. The van der Waals surface area contributed by atoms with E-state index in [0.29, 0.717) is 5.92 Å². The first-order valence-corrected chi connectivity index (χ1v) is 6.90. The lowest BCUT2D eigenvalue weighted by Crippen LogP contribution is -2.30. The summed E-state index contributed by atoms with van der Waals surface area (Å²) in [5.41, 5.74) is 5.82. The fourth-order valence-corrected chi connectivity index (χ4v) is 2.87. The van der Waals surface area contributed by atoms with Gasteiger partial charge in [-0.3, -0.25) is 0 Å². The predicted molar refractivity (Wildman–Crippen MR) is 72.7 cm³/mol. The standard InChI is InChI=1S/C13H24N2S/c1-11(2)7-12(8-14)9-15(3)10-13-5-4-6-16-13/h4-6,11-12H,7-10,14H2,1-3H3. The van der Waals surface area contributed by atoms with Gasteiger partial charge in [0.1, 0.15) is 0 Å². The van der Waals surface area contributed by atoms with Gasteiger partial charge in [-0.05, 0) is 43.3 Å². The fraction of sp³-hybridized carbons (Fsp3) is 0.692. The zero-order valence-electron chi connectivity index (χ0n) is 10.6. The molecule has 0 saturated heterocycles. The summed E-state index contributed by atoms with van der Waals surface area (Å²) in [5, 5.41) is 2.14. The molecule has 1 rings (SSSR count). The van der Waals surface area contributed by atoms with Crippen molar-refractivity contribution < 1.29 is 0 Å². The molecule has 2 N–H and O–H groups in total. The molecule has 0 fully saturated rings. The molecule has 1 unspecified atom stereocenters. The van der Waals surface area contributed by atoms with Crippen molar-refractivity contribution in [2.45, 2.75) is 26.8 Å². The van der Waals surface area contributed by atoms with Crippen LogP contribution in [0.15, 0.2) is 17.5 Å². The van der Waals surface area contributed by atoms with Crippen molar-refractivity contribution in [2.24, 2.45) is 17.6 Å². The van der Waals surface area contributed by atoms with Crippen molar-refractivity contribution in [2.75, 3.05) is 20.1 Å². The van der Waals surface area contributed by atoms with E-state index in [9.17, 15) is 0 Å². The summed E-state index contributed by atoms with van der Waals surface area (Å²) in [5.74, 6) is 1.37. The fourth-order valence-electron chi connectivity index (χ4n) is 2.09. The van der Waals surface area contributed by atoms with Gasteiger partial charge >= 0.3 is 0 Å². The third-order valence-electron chi connectivity index (χ3n) is 2.71. The minimum Gasteiger partial charge on any atom is -0.330 e. The Balaban J connectivity index is 2.34. The predicted octanol–water partition coefficient (Wildman–Crippen LogP) is 2.80. The van der Waals surface area contributed by atoms with Crippen molar-refractivity contribution in [3.63, 3.8) is 0 Å². The second-order valence-corrected chi connectivity index (χ2v) is 6.04. The molecule has 3 heteroatoms. The van der Waals surface area contributed by atoms with Crippen LogP contribution in [-0.2, 0) is 6.54 Å². The molecule has 0 bridgehead atoms. The van der Waals surface area contributed by atoms with Gasteiger partial charge in [-0.25, -0.2) is 0 Å². The number of hydrogen-bond donors (Lipinski definition) is 1. The van der Waals surface area contributed by atoms with Crippen LogP contribution in [0.3, 0.4) is 0 Å². The van der Waals surface area contributed by atoms with Gasteiger partial charge in [-0.2, -0.15) is 0 Å². The topological polar surface area (TPSA) is 29.3 Å². The average Bonchev–Trinajstić information content (AvgIpc) is 2.68. The summed E-state index contributed by atoms with van der Waals surface area (Å²) in [7, 11) is 2.18. The lowest BCUT2D eigenvalue weighted by molar-refractivity contribution is 0.251. The summed E-state index contributed by atoms with van der Waals surface area (Å²) in [6.07, 6.45) is 1.23. The van der Waals surface area contributed by atoms with Crippen LogP contribution in [0.4, 0.5) is 0 Å². The van der Waals surface area contributed by atoms with Gasteiger partial charge in [0.15, 0.2) is 0 Å². The third-order valence-corrected chi connectivity index (χ3v) is 3.57. The molecule has 1 aromatic heterocycles. The van der Waals surface area contributed by atoms with E-state index < -0.39 is 0 Å². The number of thiophene rings is 1. The summed E-state index contributed by atoms with van der Waals surface area (Å²) in [6.45, 7) is 7.48. The molecule has 16 heavy (non-hydrogen) atoms. The van der Waals surface area contributed by atoms with Crippen molar-refractivity contribution in [3.05, 3.63) is 22.4 Å². The molecular weight excluding hydrogens is 216 g/mol. The van der Waals surface area contributed by atoms with Crippen LogP contribution in [0.25, 0.3) is 0 Å². The van der Waals surface area contributed by atoms with Gasteiger partial charge in [0.05, 0.1) is 0 Å². The number of hydrogen-bond acceptors (Lipinski definition) is 3. The Bertz CT molecular complexity index is 269. The highest BCUT2D eigenvalue weighted by Gasteiger charge is 2.12. The average molecular weight is 240 g/mol. The zero-order valence-corrected chi connectivity index (χ0v) is 11.5. The Hall–Kier alpha value is -0.380. The van der Waals surface area contributed by atoms with E-state index in [4.69, 9.17) is 5.73 Å². The lowest BCUT2D eigenvalue weighted by Gasteiger charge is -2.23. The maximum atomic E-state index is 5.82. The van der Waals surface area contributed by atoms with E-state index in [0.717, 1.165) is 25.6 Å². The van der Waals surface area contributed by atoms with Crippen LogP contribution >= 0.6 is 11.3 Å². The highest BCUT2D eigenvalue weighted by atomic mass is 32.1. The Labute approximate surface area is 103 Å². The van der Waals surface area contributed by atoms with E-state index in [2.05, 4.69) is 43.3 Å². The molecule has 1 aromatic rings. The van der Waals surface area contributed by atoms with E-state index in [1.165, 1.54) is 11.3 Å². The molecule has 1 atom stereocenters. The maximum Gasteiger partial charge on any atom is 0.0324 e. The number of rotatable bonds is 7. The van der Waals surface area contributed by atoms with Crippen LogP contribution in [0, 0.1) is 11.8 Å². The van der Waals surface area contributed by atoms with Crippen molar-refractivity contribution in [3.8, 4) is 0 Å². The molecule has 92 valence electrons. The Kier molecular flexibility index (Phi) is 6.03. The Morgan fingerprint density at radius 3 is 2.69 bits per heavy atom. The van der Waals surface area contributed by atoms with Crippen molar-refractivity contribution >= 4 is 11.3 Å². The van der Waals surface area contributed by atoms with Crippen molar-refractivity contribution in [1.82, 2.24) is 4.90 Å². The van der Waals surface area contributed by atoms with Crippen LogP contribution in [0.2, 0.25) is 0 Å². The van der Waals surface area contributed by atoms with Gasteiger partial charge in [-0.1, -0.05) is 19.9 Å².